The smallest absolute Gasteiger partial charge is 0.182 e. The Labute approximate surface area is 123 Å². The molecule has 0 saturated carbocycles. The number of sulfone groups is 1. The van der Waals surface area contributed by atoms with Crippen molar-refractivity contribution in [3.05, 3.63) is 58.6 Å². The fraction of sp³-hybridized carbons (Fsp3) is 0.200. The fourth-order valence-corrected chi connectivity index (χ4v) is 5.03. The van der Waals surface area contributed by atoms with Crippen molar-refractivity contribution >= 4 is 27.1 Å². The molecule has 1 aliphatic carbocycles. The van der Waals surface area contributed by atoms with Crippen molar-refractivity contribution in [2.24, 2.45) is 0 Å². The maximum Gasteiger partial charge on any atom is 0.182 e. The van der Waals surface area contributed by atoms with Crippen LogP contribution in [0.15, 0.2) is 47.4 Å². The summed E-state index contributed by atoms with van der Waals surface area (Å²) in [7, 11) is -3.48. The van der Waals surface area contributed by atoms with Crippen molar-refractivity contribution in [3.8, 4) is 0 Å². The molecule has 0 bridgehead atoms. The quantitative estimate of drug-likeness (QED) is 0.887. The van der Waals surface area contributed by atoms with Gasteiger partial charge in [0.2, 0.25) is 0 Å². The maximum atomic E-state index is 12.5. The van der Waals surface area contributed by atoms with E-state index < -0.39 is 9.84 Å². The van der Waals surface area contributed by atoms with E-state index in [1.165, 1.54) is 5.56 Å². The van der Waals surface area contributed by atoms with E-state index >= 15 is 0 Å². The zero-order valence-corrected chi connectivity index (χ0v) is 12.3. The molecule has 1 atom stereocenters. The second-order valence-electron chi connectivity index (χ2n) is 5.04. The van der Waals surface area contributed by atoms with E-state index in [0.29, 0.717) is 0 Å². The summed E-state index contributed by atoms with van der Waals surface area (Å²) in [4.78, 5) is 0.0612. The number of nitrogens with two attached hydrogens (primary N) is 1. The van der Waals surface area contributed by atoms with Crippen molar-refractivity contribution in [3.63, 3.8) is 0 Å². The highest BCUT2D eigenvalue weighted by molar-refractivity contribution is 7.91. The molecule has 2 aromatic carbocycles. The van der Waals surface area contributed by atoms with Crippen LogP contribution in [0.3, 0.4) is 0 Å². The minimum absolute atomic E-state index is 0.0341. The molecule has 1 unspecified atom stereocenters. The summed E-state index contributed by atoms with van der Waals surface area (Å²) in [6, 6.07) is 12.7. The average molecular weight is 308 g/mol. The SMILES string of the molecule is Nc1cccc(Cl)c1S(=O)(=O)CC1Cc2ccccc21. The molecule has 3 nitrogen and oxygen atoms in total. The molecule has 0 radical (unpaired) electrons. The molecule has 1 aliphatic rings. The van der Waals surface area contributed by atoms with Crippen LogP contribution in [0.5, 0.6) is 0 Å². The van der Waals surface area contributed by atoms with E-state index in [-0.39, 0.29) is 27.3 Å². The van der Waals surface area contributed by atoms with E-state index in [4.69, 9.17) is 17.3 Å². The first-order valence-electron chi connectivity index (χ1n) is 6.33. The third kappa shape index (κ3) is 2.19. The normalized spacial score (nSPS) is 17.4. The minimum atomic E-state index is -3.48. The van der Waals surface area contributed by atoms with Gasteiger partial charge in [0, 0.05) is 5.92 Å². The summed E-state index contributed by atoms with van der Waals surface area (Å²) >= 11 is 6.00. The molecular formula is C15H14ClNO2S. The summed E-state index contributed by atoms with van der Waals surface area (Å²) in [5.41, 5.74) is 8.32. The molecule has 0 heterocycles. The van der Waals surface area contributed by atoms with Crippen LogP contribution in [0.4, 0.5) is 5.69 Å². The number of benzene rings is 2. The van der Waals surface area contributed by atoms with Gasteiger partial charge in [-0.15, -0.1) is 0 Å². The van der Waals surface area contributed by atoms with Gasteiger partial charge in [0.1, 0.15) is 4.90 Å². The van der Waals surface area contributed by atoms with Crippen molar-refractivity contribution < 1.29 is 8.42 Å². The summed E-state index contributed by atoms with van der Waals surface area (Å²) in [5, 5.41) is 0.192. The first kappa shape index (κ1) is 13.5. The summed E-state index contributed by atoms with van der Waals surface area (Å²) < 4.78 is 25.0. The molecule has 3 rings (SSSR count). The van der Waals surface area contributed by atoms with Gasteiger partial charge in [-0.1, -0.05) is 41.9 Å². The van der Waals surface area contributed by atoms with Crippen LogP contribution >= 0.6 is 11.6 Å². The van der Waals surface area contributed by atoms with Gasteiger partial charge in [-0.3, -0.25) is 0 Å². The third-order valence-electron chi connectivity index (χ3n) is 3.69. The number of anilines is 1. The minimum Gasteiger partial charge on any atom is -0.398 e. The van der Waals surface area contributed by atoms with Crippen molar-refractivity contribution in [2.45, 2.75) is 17.2 Å². The molecule has 0 amide bonds. The lowest BCUT2D eigenvalue weighted by Crippen LogP contribution is -2.25. The zero-order valence-electron chi connectivity index (χ0n) is 10.7. The number of rotatable bonds is 3. The largest absolute Gasteiger partial charge is 0.398 e. The molecule has 0 aliphatic heterocycles. The Morgan fingerprint density at radius 2 is 1.90 bits per heavy atom. The van der Waals surface area contributed by atoms with Crippen LogP contribution in [-0.2, 0) is 16.3 Å². The van der Waals surface area contributed by atoms with Gasteiger partial charge in [-0.25, -0.2) is 8.42 Å². The van der Waals surface area contributed by atoms with Crippen LogP contribution in [0, 0.1) is 0 Å². The van der Waals surface area contributed by atoms with Gasteiger partial charge >= 0.3 is 0 Å². The molecule has 2 N–H and O–H groups in total. The molecule has 104 valence electrons. The van der Waals surface area contributed by atoms with Crippen LogP contribution in [0.2, 0.25) is 5.02 Å². The van der Waals surface area contributed by atoms with Crippen molar-refractivity contribution in [2.75, 3.05) is 11.5 Å². The molecular weight excluding hydrogens is 294 g/mol. The van der Waals surface area contributed by atoms with Gasteiger partial charge in [-0.2, -0.15) is 0 Å². The van der Waals surface area contributed by atoms with Gasteiger partial charge in [-0.05, 0) is 29.7 Å². The fourth-order valence-electron chi connectivity index (χ4n) is 2.71. The van der Waals surface area contributed by atoms with Crippen LogP contribution in [0.1, 0.15) is 17.0 Å². The summed E-state index contributed by atoms with van der Waals surface area (Å²) in [6.07, 6.45) is 0.791. The number of fused-ring (bicyclic) bond motifs is 1. The van der Waals surface area contributed by atoms with Crippen LogP contribution in [-0.4, -0.2) is 14.2 Å². The second kappa shape index (κ2) is 4.79. The van der Waals surface area contributed by atoms with Crippen molar-refractivity contribution in [1.82, 2.24) is 0 Å². The van der Waals surface area contributed by atoms with Crippen molar-refractivity contribution in [1.29, 1.82) is 0 Å². The predicted molar refractivity (Wildman–Crippen MR) is 80.8 cm³/mol. The highest BCUT2D eigenvalue weighted by Gasteiger charge is 2.32. The molecule has 0 aromatic heterocycles. The van der Waals surface area contributed by atoms with E-state index in [9.17, 15) is 8.42 Å². The third-order valence-corrected chi connectivity index (χ3v) is 6.04. The molecule has 2 aromatic rings. The lowest BCUT2D eigenvalue weighted by Gasteiger charge is -2.30. The number of halogens is 1. The Hall–Kier alpha value is -1.52. The van der Waals surface area contributed by atoms with Crippen LogP contribution in [0.25, 0.3) is 0 Å². The second-order valence-corrected chi connectivity index (χ2v) is 7.42. The standard InChI is InChI=1S/C15H14ClNO2S/c16-13-6-3-7-14(17)15(13)20(18,19)9-11-8-10-4-1-2-5-12(10)11/h1-7,11H,8-9,17H2. The van der Waals surface area contributed by atoms with E-state index in [1.54, 1.807) is 18.2 Å². The van der Waals surface area contributed by atoms with E-state index in [2.05, 4.69) is 0 Å². The Balaban J connectivity index is 1.92. The molecule has 0 fully saturated rings. The zero-order chi connectivity index (χ0) is 14.3. The summed E-state index contributed by atoms with van der Waals surface area (Å²) in [6.45, 7) is 0. The maximum absolute atomic E-state index is 12.5. The summed E-state index contributed by atoms with van der Waals surface area (Å²) in [5.74, 6) is 0.0877. The lowest BCUT2D eigenvalue weighted by molar-refractivity contribution is 0.577. The molecule has 0 spiro atoms. The molecule has 5 heteroatoms. The number of nitrogen functional groups attached to an aromatic ring is 1. The highest BCUT2D eigenvalue weighted by atomic mass is 35.5. The van der Waals surface area contributed by atoms with E-state index in [1.807, 2.05) is 24.3 Å². The first-order chi connectivity index (χ1) is 9.49. The average Bonchev–Trinajstić information content (AvgIpc) is 2.35. The molecule has 0 saturated heterocycles. The van der Waals surface area contributed by atoms with Gasteiger partial charge < -0.3 is 5.73 Å². The number of hydrogen-bond donors (Lipinski definition) is 1. The first-order valence-corrected chi connectivity index (χ1v) is 8.36. The lowest BCUT2D eigenvalue weighted by atomic mass is 9.79. The van der Waals surface area contributed by atoms with Crippen LogP contribution < -0.4 is 5.73 Å². The predicted octanol–water partition coefficient (Wildman–Crippen LogP) is 3.04. The molecule has 20 heavy (non-hydrogen) atoms. The Bertz CT molecular complexity index is 751. The Kier molecular flexibility index (Phi) is 3.22. The number of hydrogen-bond acceptors (Lipinski definition) is 3. The van der Waals surface area contributed by atoms with Gasteiger partial charge in [0.25, 0.3) is 0 Å². The van der Waals surface area contributed by atoms with Gasteiger partial charge in [0.05, 0.1) is 16.5 Å². The monoisotopic (exact) mass is 307 g/mol. The topological polar surface area (TPSA) is 60.2 Å². The Morgan fingerprint density at radius 1 is 1.15 bits per heavy atom. The van der Waals surface area contributed by atoms with E-state index in [0.717, 1.165) is 12.0 Å². The highest BCUT2D eigenvalue weighted by Crippen LogP contribution is 2.38. The Morgan fingerprint density at radius 3 is 2.60 bits per heavy atom. The van der Waals surface area contributed by atoms with Gasteiger partial charge in [0.15, 0.2) is 9.84 Å².